The summed E-state index contributed by atoms with van der Waals surface area (Å²) in [6, 6.07) is 1.52. The van der Waals surface area contributed by atoms with Crippen molar-refractivity contribution in [3.05, 3.63) is 21.2 Å². The highest BCUT2D eigenvalue weighted by Gasteiger charge is 2.34. The molecule has 0 aromatic carbocycles. The molecule has 0 amide bonds. The Bertz CT molecular complexity index is 406. The zero-order chi connectivity index (χ0) is 11.6. The molecular weight excluding hydrogens is 364 g/mol. The van der Waals surface area contributed by atoms with Crippen LogP contribution in [0, 0.1) is 0 Å². The molecule has 0 aliphatic carbocycles. The summed E-state index contributed by atoms with van der Waals surface area (Å²) in [4.78, 5) is 6.81. The lowest BCUT2D eigenvalue weighted by atomic mass is 10.5. The van der Waals surface area contributed by atoms with E-state index < -0.39 is 11.3 Å². The fourth-order valence-corrected chi connectivity index (χ4v) is 1.80. The first-order valence-corrected chi connectivity index (χ1v) is 5.39. The van der Waals surface area contributed by atoms with E-state index in [1.807, 2.05) is 0 Å². The summed E-state index contributed by atoms with van der Waals surface area (Å²) in [6.07, 6.45) is -3.33. The molecule has 82 valence electrons. The Morgan fingerprint density at radius 3 is 2.47 bits per heavy atom. The molecule has 0 saturated heterocycles. The van der Waals surface area contributed by atoms with E-state index in [4.69, 9.17) is 11.6 Å². The van der Waals surface area contributed by atoms with Crippen molar-refractivity contribution in [3.63, 3.8) is 0 Å². The Labute approximate surface area is 105 Å². The van der Waals surface area contributed by atoms with Crippen LogP contribution >= 0.6 is 43.5 Å². The normalized spacial score (nSPS) is 13.1. The third-order valence-electron chi connectivity index (χ3n) is 1.23. The Morgan fingerprint density at radius 2 is 2.00 bits per heavy atom. The molecular formula is C7H2Br2ClF3N2. The van der Waals surface area contributed by atoms with Gasteiger partial charge in [-0.15, -0.1) is 0 Å². The average molecular weight is 366 g/mol. The zero-order valence-electron chi connectivity index (χ0n) is 6.82. The van der Waals surface area contributed by atoms with Crippen LogP contribution in [0.5, 0.6) is 0 Å². The molecule has 0 atom stereocenters. The third-order valence-corrected chi connectivity index (χ3v) is 2.54. The molecule has 15 heavy (non-hydrogen) atoms. The van der Waals surface area contributed by atoms with Gasteiger partial charge in [0, 0.05) is 10.7 Å². The Kier molecular flexibility index (Phi) is 4.13. The first-order chi connectivity index (χ1) is 6.80. The summed E-state index contributed by atoms with van der Waals surface area (Å²) in [5, 5.41) is -1.46. The number of aliphatic imine (C=N–C) groups is 1. The van der Waals surface area contributed by atoms with Crippen LogP contribution in [0.4, 0.5) is 19.0 Å². The maximum Gasteiger partial charge on any atom is 0.444 e. The van der Waals surface area contributed by atoms with E-state index in [1.165, 1.54) is 12.3 Å². The molecule has 1 aromatic heterocycles. The smallest absolute Gasteiger partial charge is 0.235 e. The van der Waals surface area contributed by atoms with Crippen LogP contribution in [0.15, 0.2) is 26.2 Å². The number of pyridine rings is 1. The van der Waals surface area contributed by atoms with Crippen molar-refractivity contribution < 1.29 is 13.2 Å². The molecule has 0 saturated carbocycles. The Morgan fingerprint density at radius 1 is 1.40 bits per heavy atom. The topological polar surface area (TPSA) is 25.2 Å². The van der Waals surface area contributed by atoms with Crippen molar-refractivity contribution in [2.45, 2.75) is 6.18 Å². The van der Waals surface area contributed by atoms with E-state index in [0.717, 1.165) is 0 Å². The van der Waals surface area contributed by atoms with Crippen molar-refractivity contribution in [3.8, 4) is 0 Å². The largest absolute Gasteiger partial charge is 0.444 e. The highest BCUT2D eigenvalue weighted by molar-refractivity contribution is 9.11. The van der Waals surface area contributed by atoms with Crippen LogP contribution in [0.25, 0.3) is 0 Å². The lowest BCUT2D eigenvalue weighted by Gasteiger charge is -2.03. The number of rotatable bonds is 1. The van der Waals surface area contributed by atoms with Gasteiger partial charge in [0.25, 0.3) is 0 Å². The number of aromatic nitrogens is 1. The minimum absolute atomic E-state index is 0.125. The van der Waals surface area contributed by atoms with Gasteiger partial charge in [0.2, 0.25) is 5.17 Å². The summed E-state index contributed by atoms with van der Waals surface area (Å²) in [7, 11) is 0. The van der Waals surface area contributed by atoms with Gasteiger partial charge < -0.3 is 0 Å². The summed E-state index contributed by atoms with van der Waals surface area (Å²) in [5.41, 5.74) is 0. The van der Waals surface area contributed by atoms with E-state index in [-0.39, 0.29) is 5.82 Å². The summed E-state index contributed by atoms with van der Waals surface area (Å²) >= 11 is 11.1. The third kappa shape index (κ3) is 3.73. The molecule has 0 aliphatic rings. The monoisotopic (exact) mass is 364 g/mol. The van der Waals surface area contributed by atoms with Gasteiger partial charge in [0.05, 0.1) is 4.47 Å². The number of hydrogen-bond acceptors (Lipinski definition) is 2. The van der Waals surface area contributed by atoms with E-state index in [9.17, 15) is 13.2 Å². The lowest BCUT2D eigenvalue weighted by molar-refractivity contribution is -0.0558. The van der Waals surface area contributed by atoms with Crippen LogP contribution in [-0.2, 0) is 0 Å². The summed E-state index contributed by atoms with van der Waals surface area (Å²) < 4.78 is 37.0. The lowest BCUT2D eigenvalue weighted by Crippen LogP contribution is -2.16. The van der Waals surface area contributed by atoms with Gasteiger partial charge in [0.15, 0.2) is 5.82 Å². The highest BCUT2D eigenvalue weighted by Crippen LogP contribution is 2.29. The van der Waals surface area contributed by atoms with Crippen molar-refractivity contribution in [1.82, 2.24) is 4.98 Å². The predicted octanol–water partition coefficient (Wildman–Crippen LogP) is 4.44. The highest BCUT2D eigenvalue weighted by atomic mass is 79.9. The summed E-state index contributed by atoms with van der Waals surface area (Å²) in [6.45, 7) is 0. The van der Waals surface area contributed by atoms with Crippen LogP contribution in [0.1, 0.15) is 0 Å². The minimum Gasteiger partial charge on any atom is -0.235 e. The fraction of sp³-hybridized carbons (Fsp3) is 0.143. The molecule has 1 heterocycles. The Balaban J connectivity index is 3.09. The minimum atomic E-state index is -4.66. The van der Waals surface area contributed by atoms with E-state index in [1.54, 1.807) is 0 Å². The standard InChI is InChI=1S/C7H2Br2ClF3N2/c8-3-1-4(9)5(14-2-3)15-6(10)7(11,12)13/h1-2H. The molecule has 1 rings (SSSR count). The van der Waals surface area contributed by atoms with Crippen molar-refractivity contribution in [1.29, 1.82) is 0 Å². The van der Waals surface area contributed by atoms with Crippen LogP contribution < -0.4 is 0 Å². The number of halogens is 6. The second-order valence-electron chi connectivity index (χ2n) is 2.36. The maximum absolute atomic E-state index is 12.0. The van der Waals surface area contributed by atoms with Crippen LogP contribution in [0.2, 0.25) is 0 Å². The molecule has 0 aliphatic heterocycles. The van der Waals surface area contributed by atoms with Gasteiger partial charge >= 0.3 is 6.18 Å². The quantitative estimate of drug-likeness (QED) is 0.675. The van der Waals surface area contributed by atoms with Crippen LogP contribution in [-0.4, -0.2) is 16.3 Å². The molecule has 0 bridgehead atoms. The van der Waals surface area contributed by atoms with Crippen molar-refractivity contribution in [2.24, 2.45) is 4.99 Å². The van der Waals surface area contributed by atoms with Crippen LogP contribution in [0.3, 0.4) is 0 Å². The number of nitrogens with zero attached hydrogens (tertiary/aromatic N) is 2. The van der Waals surface area contributed by atoms with Crippen molar-refractivity contribution in [2.75, 3.05) is 0 Å². The molecule has 0 N–H and O–H groups in total. The number of hydrogen-bond donors (Lipinski definition) is 0. The van der Waals surface area contributed by atoms with E-state index in [0.29, 0.717) is 8.95 Å². The molecule has 2 nitrogen and oxygen atoms in total. The van der Waals surface area contributed by atoms with Gasteiger partial charge in [-0.25, -0.2) is 9.98 Å². The second-order valence-corrected chi connectivity index (χ2v) is 4.49. The van der Waals surface area contributed by atoms with Gasteiger partial charge in [-0.2, -0.15) is 13.2 Å². The summed E-state index contributed by atoms with van der Waals surface area (Å²) in [5.74, 6) is -0.125. The molecule has 0 spiro atoms. The second kappa shape index (κ2) is 4.80. The van der Waals surface area contributed by atoms with Gasteiger partial charge in [0.1, 0.15) is 0 Å². The van der Waals surface area contributed by atoms with Gasteiger partial charge in [-0.05, 0) is 37.9 Å². The van der Waals surface area contributed by atoms with E-state index >= 15 is 0 Å². The predicted molar refractivity (Wildman–Crippen MR) is 58.6 cm³/mol. The maximum atomic E-state index is 12.0. The Hall–Kier alpha value is -0.140. The molecule has 1 aromatic rings. The van der Waals surface area contributed by atoms with Crippen molar-refractivity contribution >= 4 is 54.4 Å². The molecule has 8 heteroatoms. The first kappa shape index (κ1) is 12.9. The number of alkyl halides is 3. The molecule has 0 unspecified atom stereocenters. The SMILES string of the molecule is FC(F)(F)C(Cl)=Nc1ncc(Br)cc1Br. The fourth-order valence-electron chi connectivity index (χ4n) is 0.646. The average Bonchev–Trinajstić information content (AvgIpc) is 2.08. The van der Waals surface area contributed by atoms with E-state index in [2.05, 4.69) is 41.8 Å². The van der Waals surface area contributed by atoms with Gasteiger partial charge in [-0.3, -0.25) is 0 Å². The molecule has 0 fully saturated rings. The first-order valence-electron chi connectivity index (χ1n) is 3.43. The zero-order valence-corrected chi connectivity index (χ0v) is 10.7. The molecule has 0 radical (unpaired) electrons. The van der Waals surface area contributed by atoms with Gasteiger partial charge in [-0.1, -0.05) is 11.6 Å².